The van der Waals surface area contributed by atoms with Crippen LogP contribution >= 0.6 is 18.2 Å². The summed E-state index contributed by atoms with van der Waals surface area (Å²) in [6, 6.07) is 24.0. The van der Waals surface area contributed by atoms with Crippen LogP contribution in [0.4, 0.5) is 4.79 Å². The monoisotopic (exact) mass is 980 g/mol. The van der Waals surface area contributed by atoms with Crippen LogP contribution in [0.25, 0.3) is 0 Å². The second kappa shape index (κ2) is 20.2. The maximum atomic E-state index is 14.1. The Balaban J connectivity index is 1.13. The van der Waals surface area contributed by atoms with Crippen LogP contribution in [0.1, 0.15) is 69.0 Å². The van der Waals surface area contributed by atoms with Gasteiger partial charge in [0.15, 0.2) is 8.32 Å². The minimum absolute atomic E-state index is 0.0588. The zero-order valence-corrected chi connectivity index (χ0v) is 41.9. The third-order valence-electron chi connectivity index (χ3n) is 12.9. The molecule has 4 N–H and O–H groups in total. The third-order valence-corrected chi connectivity index (χ3v) is 20.4. The van der Waals surface area contributed by atoms with Crippen LogP contribution in [0.2, 0.25) is 18.1 Å². The number of methoxy groups -OCH3 is 2. The molecule has 362 valence electrons. The summed E-state index contributed by atoms with van der Waals surface area (Å²) in [5.41, 5.74) is 0.656. The van der Waals surface area contributed by atoms with E-state index in [2.05, 4.69) is 44.2 Å². The van der Waals surface area contributed by atoms with Gasteiger partial charge in [-0.1, -0.05) is 75.4 Å². The second-order valence-electron chi connectivity index (χ2n) is 18.5. The number of hydrogen-bond acceptors (Lipinski definition) is 13. The number of aliphatic hydroxyl groups excluding tert-OH is 1. The molecule has 17 nitrogen and oxygen atoms in total. The average Bonchev–Trinajstić information content (AvgIpc) is 3.87. The SMILES string of the molecule is COc1ccc(C(OC[C@H]2O[C@@H](n3cc(C)c(=O)[nH]c3=O)C[C@@H]2OP(=O)(O)SC[C@H]2O[C@@H](N3C=C(C)C(O[Si](C)(C)C(C)(C)C)NC3=O)C[C@@H]2O)(c2ccccc2)c2ccc(OC)cc2)cc1. The van der Waals surface area contributed by atoms with Gasteiger partial charge in [0, 0.05) is 36.6 Å². The van der Waals surface area contributed by atoms with Crippen molar-refractivity contribution in [2.75, 3.05) is 26.6 Å². The molecule has 8 atom stereocenters. The zero-order chi connectivity index (χ0) is 48.5. The fraction of sp³-hybridized carbons (Fsp3) is 0.468. The molecule has 2 unspecified atom stereocenters. The van der Waals surface area contributed by atoms with E-state index in [0.717, 1.165) is 22.3 Å². The first kappa shape index (κ1) is 50.3. The van der Waals surface area contributed by atoms with E-state index in [1.54, 1.807) is 27.3 Å². The van der Waals surface area contributed by atoms with Gasteiger partial charge in [-0.05, 0) is 89.9 Å². The van der Waals surface area contributed by atoms with Crippen molar-refractivity contribution in [1.29, 1.82) is 0 Å². The van der Waals surface area contributed by atoms with E-state index >= 15 is 0 Å². The number of aromatic amines is 1. The van der Waals surface area contributed by atoms with Crippen LogP contribution < -0.4 is 26.0 Å². The van der Waals surface area contributed by atoms with Crippen LogP contribution in [0, 0.1) is 6.92 Å². The number of aryl methyl sites for hydroxylation is 1. The second-order valence-corrected chi connectivity index (χ2v) is 27.1. The Labute approximate surface area is 395 Å². The Morgan fingerprint density at radius 2 is 1.43 bits per heavy atom. The maximum absolute atomic E-state index is 14.1. The number of amides is 2. The molecule has 67 heavy (non-hydrogen) atoms. The lowest BCUT2D eigenvalue weighted by molar-refractivity contribution is -0.0919. The van der Waals surface area contributed by atoms with Gasteiger partial charge in [-0.2, -0.15) is 0 Å². The quantitative estimate of drug-likeness (QED) is 0.0472. The number of ether oxygens (including phenoxy) is 5. The topological polar surface area (TPSA) is 209 Å². The number of carbonyl (C=O) groups is 1. The molecule has 0 saturated carbocycles. The number of benzene rings is 3. The Bertz CT molecular complexity index is 2520. The van der Waals surface area contributed by atoms with Gasteiger partial charge >= 0.3 is 18.5 Å². The molecule has 4 aromatic rings. The molecule has 2 fully saturated rings. The summed E-state index contributed by atoms with van der Waals surface area (Å²) in [6.45, 7) is 9.17. The minimum Gasteiger partial charge on any atom is -0.497 e. The predicted molar refractivity (Wildman–Crippen MR) is 255 cm³/mol. The summed E-state index contributed by atoms with van der Waals surface area (Å²) >= 11 is 0.571. The van der Waals surface area contributed by atoms with Gasteiger partial charge in [0.05, 0.1) is 33.0 Å². The van der Waals surface area contributed by atoms with E-state index in [1.807, 2.05) is 85.8 Å². The van der Waals surface area contributed by atoms with Crippen molar-refractivity contribution < 1.29 is 52.0 Å². The van der Waals surface area contributed by atoms with Crippen molar-refractivity contribution >= 4 is 32.5 Å². The first-order valence-electron chi connectivity index (χ1n) is 22.0. The highest BCUT2D eigenvalue weighted by Gasteiger charge is 2.47. The smallest absolute Gasteiger partial charge is 0.387 e. The molecule has 4 heterocycles. The van der Waals surface area contributed by atoms with Crippen LogP contribution in [-0.4, -0.2) is 102 Å². The molecule has 3 aliphatic heterocycles. The average molecular weight is 981 g/mol. The number of carbonyl (C=O) groups excluding carboxylic acids is 1. The Morgan fingerprint density at radius 3 is 2.01 bits per heavy atom. The van der Waals surface area contributed by atoms with Crippen molar-refractivity contribution in [2.24, 2.45) is 0 Å². The van der Waals surface area contributed by atoms with Crippen molar-refractivity contribution in [1.82, 2.24) is 19.8 Å². The summed E-state index contributed by atoms with van der Waals surface area (Å²) in [5, 5.41) is 14.0. The highest BCUT2D eigenvalue weighted by atomic mass is 32.7. The molecule has 3 aromatic carbocycles. The van der Waals surface area contributed by atoms with Crippen molar-refractivity contribution in [3.05, 3.63) is 140 Å². The first-order chi connectivity index (χ1) is 31.6. The van der Waals surface area contributed by atoms with Gasteiger partial charge in [0.1, 0.15) is 48.0 Å². The largest absolute Gasteiger partial charge is 0.497 e. The molecule has 2 amide bonds. The van der Waals surface area contributed by atoms with Crippen molar-refractivity contribution in [3.8, 4) is 11.5 Å². The lowest BCUT2D eigenvalue weighted by Crippen LogP contribution is -2.56. The van der Waals surface area contributed by atoms with Crippen molar-refractivity contribution in [3.63, 3.8) is 0 Å². The normalized spacial score (nSPS) is 24.5. The molecule has 0 spiro atoms. The number of hydrogen-bond donors (Lipinski definition) is 4. The van der Waals surface area contributed by atoms with Crippen LogP contribution in [-0.2, 0) is 33.3 Å². The minimum atomic E-state index is -4.58. The number of rotatable bonds is 17. The van der Waals surface area contributed by atoms with Crippen LogP contribution in [0.15, 0.2) is 106 Å². The molecule has 2 saturated heterocycles. The van der Waals surface area contributed by atoms with Gasteiger partial charge in [0.25, 0.3) is 5.56 Å². The molecular formula is C47H61N4O13PSSi. The molecule has 20 heteroatoms. The van der Waals surface area contributed by atoms with E-state index in [1.165, 1.54) is 15.7 Å². The van der Waals surface area contributed by atoms with Crippen LogP contribution in [0.3, 0.4) is 0 Å². The lowest BCUT2D eigenvalue weighted by Gasteiger charge is -2.42. The highest BCUT2D eigenvalue weighted by molar-refractivity contribution is 8.54. The lowest BCUT2D eigenvalue weighted by atomic mass is 9.80. The van der Waals surface area contributed by atoms with Gasteiger partial charge in [-0.3, -0.25) is 23.8 Å². The van der Waals surface area contributed by atoms with Gasteiger partial charge < -0.3 is 43.4 Å². The van der Waals surface area contributed by atoms with Gasteiger partial charge in [-0.15, -0.1) is 0 Å². The predicted octanol–water partition coefficient (Wildman–Crippen LogP) is 7.13. The molecular weight excluding hydrogens is 920 g/mol. The van der Waals surface area contributed by atoms with E-state index in [9.17, 15) is 28.9 Å². The number of urea groups is 1. The van der Waals surface area contributed by atoms with E-state index in [0.29, 0.717) is 22.9 Å². The fourth-order valence-electron chi connectivity index (χ4n) is 8.07. The molecule has 1 aromatic heterocycles. The van der Waals surface area contributed by atoms with Crippen molar-refractivity contribution in [2.45, 2.75) is 114 Å². The standard InChI is InChI=1S/C47H61N4O13PSSi/c1-29-25-50(44(54)48-42(29)53)41-24-37(63-65(56,57)66-28-39-36(52)23-40(62-39)51-26-30(2)43(49-45(51)55)64-67(8,9)46(3,4)5)38(61-41)27-60-47(31-13-11-10-12-14-31,32-15-19-34(58-6)20-16-32)33-17-21-35(59-7)22-18-33/h10-22,25-26,36-41,43,52H,23-24,27-28H2,1-9H3,(H,49,55)(H,56,57)(H,48,53,54)/t36-,37-,38+,39+,40+,41+,43?/m0/s1. The molecule has 0 bridgehead atoms. The van der Waals surface area contributed by atoms with Gasteiger partial charge in [-0.25, -0.2) is 14.2 Å². The van der Waals surface area contributed by atoms with E-state index in [4.69, 9.17) is 32.6 Å². The first-order valence-corrected chi connectivity index (χ1v) is 28.1. The summed E-state index contributed by atoms with van der Waals surface area (Å²) < 4.78 is 58.6. The summed E-state index contributed by atoms with van der Waals surface area (Å²) in [7, 11) is 0.921. The number of nitrogens with zero attached hydrogens (tertiary/aromatic N) is 2. The fourth-order valence-corrected chi connectivity index (χ4v) is 12.0. The summed E-state index contributed by atoms with van der Waals surface area (Å²) in [6.07, 6.45) is -3.65. The number of H-pyrrole nitrogens is 1. The van der Waals surface area contributed by atoms with E-state index < -0.39 is 81.1 Å². The highest BCUT2D eigenvalue weighted by Crippen LogP contribution is 2.59. The Morgan fingerprint density at radius 1 is 0.851 bits per heavy atom. The number of aromatic nitrogens is 2. The molecule has 0 radical (unpaired) electrons. The van der Waals surface area contributed by atoms with Crippen LogP contribution in [0.5, 0.6) is 11.5 Å². The summed E-state index contributed by atoms with van der Waals surface area (Å²) in [5.74, 6) is 1.10. The van der Waals surface area contributed by atoms with Gasteiger partial charge in [0.2, 0.25) is 0 Å². The summed E-state index contributed by atoms with van der Waals surface area (Å²) in [4.78, 5) is 54.1. The number of aliphatic hydroxyl groups is 1. The zero-order valence-electron chi connectivity index (χ0n) is 39.2. The maximum Gasteiger partial charge on any atom is 0.387 e. The molecule has 3 aliphatic rings. The Hall–Kier alpha value is -4.53. The molecule has 0 aliphatic carbocycles. The third kappa shape index (κ3) is 11.0. The van der Waals surface area contributed by atoms with E-state index in [-0.39, 0.29) is 35.8 Å². The molecule has 7 rings (SSSR count). The Kier molecular flexibility index (Phi) is 15.2. The number of nitrogens with one attached hydrogen (secondary N) is 2.